The number of ether oxygens (including phenoxy) is 1. The van der Waals surface area contributed by atoms with E-state index in [1.807, 2.05) is 0 Å². The maximum absolute atomic E-state index is 13.8. The second-order valence-corrected chi connectivity index (χ2v) is 5.18. The monoisotopic (exact) mass is 342 g/mol. The molecule has 106 valence electrons. The molecule has 0 aliphatic carbocycles. The van der Waals surface area contributed by atoms with Crippen molar-refractivity contribution in [3.05, 3.63) is 63.6 Å². The van der Waals surface area contributed by atoms with E-state index < -0.39 is 11.9 Å². The van der Waals surface area contributed by atoms with Crippen LogP contribution < -0.4 is 4.74 Å². The van der Waals surface area contributed by atoms with Crippen molar-refractivity contribution in [2.24, 2.45) is 0 Å². The molecule has 0 spiro atoms. The summed E-state index contributed by atoms with van der Waals surface area (Å²) in [6, 6.07) is 8.77. The van der Waals surface area contributed by atoms with Gasteiger partial charge in [0.1, 0.15) is 17.4 Å². The molecule has 0 radical (unpaired) electrons. The Balaban J connectivity index is 2.28. The summed E-state index contributed by atoms with van der Waals surface area (Å²) in [6.45, 7) is 0. The largest absolute Gasteiger partial charge is 0.496 e. The summed E-state index contributed by atoms with van der Waals surface area (Å²) >= 11 is 3.08. The Labute approximate surface area is 124 Å². The SMILES string of the molecule is COc1cccc(F)c1C(O)Cc1ccc(F)c(Br)c1. The summed E-state index contributed by atoms with van der Waals surface area (Å²) in [5.74, 6) is -0.622. The lowest BCUT2D eigenvalue weighted by atomic mass is 10.00. The number of aliphatic hydroxyl groups excluding tert-OH is 1. The molecule has 1 N–H and O–H groups in total. The van der Waals surface area contributed by atoms with E-state index in [-0.39, 0.29) is 17.8 Å². The van der Waals surface area contributed by atoms with Crippen molar-refractivity contribution in [2.45, 2.75) is 12.5 Å². The Morgan fingerprint density at radius 1 is 1.20 bits per heavy atom. The summed E-state index contributed by atoms with van der Waals surface area (Å²) in [5.41, 5.74) is 0.798. The summed E-state index contributed by atoms with van der Waals surface area (Å²) in [7, 11) is 1.42. The van der Waals surface area contributed by atoms with Gasteiger partial charge in [-0.05, 0) is 45.8 Å². The van der Waals surface area contributed by atoms with Gasteiger partial charge in [-0.2, -0.15) is 0 Å². The average molecular weight is 343 g/mol. The molecule has 1 unspecified atom stereocenters. The molecule has 5 heteroatoms. The smallest absolute Gasteiger partial charge is 0.137 e. The van der Waals surface area contributed by atoms with Crippen LogP contribution >= 0.6 is 15.9 Å². The zero-order valence-electron chi connectivity index (χ0n) is 10.7. The van der Waals surface area contributed by atoms with Gasteiger partial charge in [-0.25, -0.2) is 8.78 Å². The third kappa shape index (κ3) is 3.16. The molecule has 0 bridgehead atoms. The fourth-order valence-corrected chi connectivity index (χ4v) is 2.44. The van der Waals surface area contributed by atoms with Crippen LogP contribution in [0.3, 0.4) is 0 Å². The molecular formula is C15H13BrF2O2. The summed E-state index contributed by atoms with van der Waals surface area (Å²) in [5, 5.41) is 10.2. The first kappa shape index (κ1) is 14.9. The molecule has 0 heterocycles. The van der Waals surface area contributed by atoms with Gasteiger partial charge in [0.25, 0.3) is 0 Å². The summed E-state index contributed by atoms with van der Waals surface area (Å²) < 4.78 is 32.3. The molecule has 2 aromatic carbocycles. The van der Waals surface area contributed by atoms with Gasteiger partial charge < -0.3 is 9.84 Å². The highest BCUT2D eigenvalue weighted by atomic mass is 79.9. The third-order valence-electron chi connectivity index (χ3n) is 2.98. The minimum absolute atomic E-state index is 0.107. The van der Waals surface area contributed by atoms with Crippen LogP contribution in [0.4, 0.5) is 8.78 Å². The van der Waals surface area contributed by atoms with E-state index >= 15 is 0 Å². The van der Waals surface area contributed by atoms with Gasteiger partial charge in [0.05, 0.1) is 23.2 Å². The molecular weight excluding hydrogens is 330 g/mol. The van der Waals surface area contributed by atoms with Crippen LogP contribution in [0.2, 0.25) is 0 Å². The van der Waals surface area contributed by atoms with Gasteiger partial charge in [-0.3, -0.25) is 0 Å². The fourth-order valence-electron chi connectivity index (χ4n) is 2.01. The van der Waals surface area contributed by atoms with E-state index in [4.69, 9.17) is 4.74 Å². The number of aliphatic hydroxyl groups is 1. The van der Waals surface area contributed by atoms with Crippen LogP contribution in [-0.2, 0) is 6.42 Å². The minimum Gasteiger partial charge on any atom is -0.496 e. The number of benzene rings is 2. The van der Waals surface area contributed by atoms with Crippen molar-refractivity contribution in [3.63, 3.8) is 0 Å². The summed E-state index contributed by atoms with van der Waals surface area (Å²) in [6.07, 6.45) is -0.903. The Morgan fingerprint density at radius 2 is 1.95 bits per heavy atom. The molecule has 2 aromatic rings. The number of rotatable bonds is 4. The van der Waals surface area contributed by atoms with Gasteiger partial charge in [0.15, 0.2) is 0 Å². The Morgan fingerprint density at radius 3 is 2.60 bits per heavy atom. The van der Waals surface area contributed by atoms with Gasteiger partial charge >= 0.3 is 0 Å². The van der Waals surface area contributed by atoms with E-state index in [2.05, 4.69) is 15.9 Å². The van der Waals surface area contributed by atoms with Crippen LogP contribution in [-0.4, -0.2) is 12.2 Å². The first-order valence-electron chi connectivity index (χ1n) is 5.97. The molecule has 0 saturated heterocycles. The molecule has 0 aliphatic heterocycles. The predicted molar refractivity (Wildman–Crippen MR) is 75.7 cm³/mol. The van der Waals surface area contributed by atoms with Crippen molar-refractivity contribution in [2.75, 3.05) is 7.11 Å². The van der Waals surface area contributed by atoms with Crippen LogP contribution in [0, 0.1) is 11.6 Å². The molecule has 2 nitrogen and oxygen atoms in total. The second-order valence-electron chi connectivity index (χ2n) is 4.32. The van der Waals surface area contributed by atoms with Gasteiger partial charge in [0, 0.05) is 6.42 Å². The zero-order chi connectivity index (χ0) is 14.7. The van der Waals surface area contributed by atoms with E-state index in [1.165, 1.54) is 25.3 Å². The van der Waals surface area contributed by atoms with Crippen molar-refractivity contribution in [1.29, 1.82) is 0 Å². The zero-order valence-corrected chi connectivity index (χ0v) is 12.3. The van der Waals surface area contributed by atoms with E-state index in [0.717, 1.165) is 0 Å². The van der Waals surface area contributed by atoms with Gasteiger partial charge in [-0.1, -0.05) is 12.1 Å². The molecule has 0 aromatic heterocycles. The highest BCUT2D eigenvalue weighted by molar-refractivity contribution is 9.10. The van der Waals surface area contributed by atoms with E-state index in [0.29, 0.717) is 15.8 Å². The maximum atomic E-state index is 13.8. The number of halogens is 3. The molecule has 0 fully saturated rings. The second kappa shape index (κ2) is 6.33. The first-order chi connectivity index (χ1) is 9.52. The normalized spacial score (nSPS) is 12.2. The van der Waals surface area contributed by atoms with Gasteiger partial charge in [0.2, 0.25) is 0 Å². The first-order valence-corrected chi connectivity index (χ1v) is 6.76. The number of methoxy groups -OCH3 is 1. The van der Waals surface area contributed by atoms with E-state index in [1.54, 1.807) is 18.2 Å². The molecule has 20 heavy (non-hydrogen) atoms. The quantitative estimate of drug-likeness (QED) is 0.909. The fraction of sp³-hybridized carbons (Fsp3) is 0.200. The lowest BCUT2D eigenvalue weighted by Gasteiger charge is -2.16. The van der Waals surface area contributed by atoms with E-state index in [9.17, 15) is 13.9 Å². The number of hydrogen-bond donors (Lipinski definition) is 1. The highest BCUT2D eigenvalue weighted by Gasteiger charge is 2.19. The lowest BCUT2D eigenvalue weighted by molar-refractivity contribution is 0.169. The van der Waals surface area contributed by atoms with Crippen molar-refractivity contribution >= 4 is 15.9 Å². The molecule has 2 rings (SSSR count). The topological polar surface area (TPSA) is 29.5 Å². The minimum atomic E-state index is -1.07. The Bertz CT molecular complexity index is 617. The van der Waals surface area contributed by atoms with Crippen LogP contribution in [0.25, 0.3) is 0 Å². The maximum Gasteiger partial charge on any atom is 0.137 e. The van der Waals surface area contributed by atoms with Crippen LogP contribution in [0.15, 0.2) is 40.9 Å². The third-order valence-corrected chi connectivity index (χ3v) is 3.59. The molecule has 0 aliphatic rings. The predicted octanol–water partition coefficient (Wildman–Crippen LogP) is 4.01. The highest BCUT2D eigenvalue weighted by Crippen LogP contribution is 2.30. The standard InChI is InChI=1S/C15H13BrF2O2/c1-20-14-4-2-3-12(18)15(14)13(19)8-9-5-6-11(17)10(16)7-9/h2-7,13,19H,8H2,1H3. The molecule has 1 atom stereocenters. The molecule has 0 amide bonds. The average Bonchev–Trinajstić information content (AvgIpc) is 2.42. The summed E-state index contributed by atoms with van der Waals surface area (Å²) in [4.78, 5) is 0. The van der Waals surface area contributed by atoms with Crippen LogP contribution in [0.1, 0.15) is 17.2 Å². The van der Waals surface area contributed by atoms with Crippen molar-refractivity contribution in [1.82, 2.24) is 0 Å². The lowest BCUT2D eigenvalue weighted by Crippen LogP contribution is -2.07. The van der Waals surface area contributed by atoms with Crippen LogP contribution in [0.5, 0.6) is 5.75 Å². The Hall–Kier alpha value is -1.46. The molecule has 0 saturated carbocycles. The van der Waals surface area contributed by atoms with Crippen molar-refractivity contribution < 1.29 is 18.6 Å². The van der Waals surface area contributed by atoms with Crippen molar-refractivity contribution in [3.8, 4) is 5.75 Å². The number of hydrogen-bond acceptors (Lipinski definition) is 2. The Kier molecular flexibility index (Phi) is 4.73. The van der Waals surface area contributed by atoms with Gasteiger partial charge in [-0.15, -0.1) is 0 Å².